The van der Waals surface area contributed by atoms with E-state index >= 15 is 0 Å². The molecule has 0 radical (unpaired) electrons. The van der Waals surface area contributed by atoms with Gasteiger partial charge in [0.1, 0.15) is 0 Å². The smallest absolute Gasteiger partial charge is 0.0624 e. The van der Waals surface area contributed by atoms with Crippen molar-refractivity contribution in [2.45, 2.75) is 50.9 Å². The molecule has 2 nitrogen and oxygen atoms in total. The number of ether oxygens (including phenoxy) is 1. The van der Waals surface area contributed by atoms with Crippen molar-refractivity contribution < 1.29 is 4.74 Å². The molecule has 2 heteroatoms. The minimum absolute atomic E-state index is 0.510. The monoisotopic (exact) mass is 193 g/mol. The van der Waals surface area contributed by atoms with Crippen molar-refractivity contribution in [3.05, 3.63) is 0 Å². The number of rotatable bonds is 3. The third-order valence-corrected chi connectivity index (χ3v) is 3.54. The van der Waals surface area contributed by atoms with Crippen LogP contribution < -0.4 is 5.32 Å². The summed E-state index contributed by atoms with van der Waals surface area (Å²) in [6.07, 6.45) is 5.79. The Morgan fingerprint density at radius 3 is 2.86 bits per heavy atom. The SMILES string of the molecule is CC#CCC(NC)C1CC2CCC1O2. The first-order valence-corrected chi connectivity index (χ1v) is 5.57. The van der Waals surface area contributed by atoms with E-state index in [4.69, 9.17) is 4.74 Å². The summed E-state index contributed by atoms with van der Waals surface area (Å²) in [6, 6.07) is 0.526. The Morgan fingerprint density at radius 1 is 1.50 bits per heavy atom. The van der Waals surface area contributed by atoms with Gasteiger partial charge in [0.25, 0.3) is 0 Å². The molecule has 0 aliphatic carbocycles. The van der Waals surface area contributed by atoms with Crippen LogP contribution in [0.3, 0.4) is 0 Å². The van der Waals surface area contributed by atoms with Crippen molar-refractivity contribution in [3.8, 4) is 11.8 Å². The maximum Gasteiger partial charge on any atom is 0.0624 e. The molecule has 0 aromatic heterocycles. The van der Waals surface area contributed by atoms with E-state index in [0.29, 0.717) is 24.2 Å². The fourth-order valence-corrected chi connectivity index (χ4v) is 2.78. The molecular formula is C12H19NO. The molecule has 78 valence electrons. The number of hydrogen-bond acceptors (Lipinski definition) is 2. The summed E-state index contributed by atoms with van der Waals surface area (Å²) in [5.41, 5.74) is 0. The van der Waals surface area contributed by atoms with Crippen LogP contribution in [0.2, 0.25) is 0 Å². The summed E-state index contributed by atoms with van der Waals surface area (Å²) in [4.78, 5) is 0. The second-order valence-corrected chi connectivity index (χ2v) is 4.30. The molecule has 2 aliphatic rings. The van der Waals surface area contributed by atoms with E-state index < -0.39 is 0 Å². The third kappa shape index (κ3) is 1.80. The maximum absolute atomic E-state index is 5.86. The average Bonchev–Trinajstić information content (AvgIpc) is 2.80. The molecule has 2 saturated heterocycles. The van der Waals surface area contributed by atoms with E-state index in [-0.39, 0.29) is 0 Å². The van der Waals surface area contributed by atoms with Crippen molar-refractivity contribution in [2.75, 3.05) is 7.05 Å². The highest BCUT2D eigenvalue weighted by Gasteiger charge is 2.43. The zero-order valence-corrected chi connectivity index (χ0v) is 9.05. The predicted octanol–water partition coefficient (Wildman–Crippen LogP) is 1.56. The lowest BCUT2D eigenvalue weighted by Crippen LogP contribution is -2.38. The molecule has 2 fully saturated rings. The molecule has 2 heterocycles. The zero-order valence-electron chi connectivity index (χ0n) is 9.05. The van der Waals surface area contributed by atoms with Crippen LogP contribution in [0.1, 0.15) is 32.6 Å². The molecule has 0 saturated carbocycles. The Morgan fingerprint density at radius 2 is 2.36 bits per heavy atom. The minimum Gasteiger partial charge on any atom is -0.375 e. The summed E-state index contributed by atoms with van der Waals surface area (Å²) in [5.74, 6) is 6.83. The summed E-state index contributed by atoms with van der Waals surface area (Å²) in [6.45, 7) is 1.91. The van der Waals surface area contributed by atoms with Crippen LogP contribution in [0, 0.1) is 17.8 Å². The van der Waals surface area contributed by atoms with Crippen molar-refractivity contribution in [2.24, 2.45) is 5.92 Å². The molecule has 2 rings (SSSR count). The molecule has 0 spiro atoms. The number of hydrogen-bond donors (Lipinski definition) is 1. The van der Waals surface area contributed by atoms with Gasteiger partial charge in [-0.1, -0.05) is 0 Å². The van der Waals surface area contributed by atoms with E-state index in [1.165, 1.54) is 19.3 Å². The number of nitrogens with one attached hydrogen (secondary N) is 1. The Labute approximate surface area is 86.4 Å². The Kier molecular flexibility index (Phi) is 3.10. The minimum atomic E-state index is 0.510. The van der Waals surface area contributed by atoms with E-state index in [9.17, 15) is 0 Å². The quantitative estimate of drug-likeness (QED) is 0.687. The van der Waals surface area contributed by atoms with Crippen LogP contribution in [-0.4, -0.2) is 25.3 Å². The van der Waals surface area contributed by atoms with E-state index in [2.05, 4.69) is 17.2 Å². The van der Waals surface area contributed by atoms with Crippen molar-refractivity contribution in [1.82, 2.24) is 5.32 Å². The average molecular weight is 193 g/mol. The van der Waals surface area contributed by atoms with Gasteiger partial charge in [-0.2, -0.15) is 0 Å². The lowest BCUT2D eigenvalue weighted by molar-refractivity contribution is 0.0867. The molecule has 0 amide bonds. The summed E-state index contributed by atoms with van der Waals surface area (Å²) >= 11 is 0. The molecule has 0 aromatic carbocycles. The van der Waals surface area contributed by atoms with Crippen molar-refractivity contribution >= 4 is 0 Å². The summed E-state index contributed by atoms with van der Waals surface area (Å²) < 4.78 is 5.86. The van der Waals surface area contributed by atoms with Crippen LogP contribution in [0.15, 0.2) is 0 Å². The highest BCUT2D eigenvalue weighted by atomic mass is 16.5. The van der Waals surface area contributed by atoms with Gasteiger partial charge in [0.2, 0.25) is 0 Å². The molecule has 2 bridgehead atoms. The summed E-state index contributed by atoms with van der Waals surface area (Å²) in [7, 11) is 2.04. The Bertz CT molecular complexity index is 253. The van der Waals surface area contributed by atoms with Crippen LogP contribution >= 0.6 is 0 Å². The summed E-state index contributed by atoms with van der Waals surface area (Å²) in [5, 5.41) is 3.38. The first-order chi connectivity index (χ1) is 6.85. The fraction of sp³-hybridized carbons (Fsp3) is 0.833. The van der Waals surface area contributed by atoms with Gasteiger partial charge in [-0.05, 0) is 33.2 Å². The van der Waals surface area contributed by atoms with Gasteiger partial charge in [-0.25, -0.2) is 0 Å². The highest BCUT2D eigenvalue weighted by molar-refractivity contribution is 5.03. The van der Waals surface area contributed by atoms with E-state index in [1.807, 2.05) is 14.0 Å². The lowest BCUT2D eigenvalue weighted by atomic mass is 9.83. The molecule has 0 aromatic rings. The van der Waals surface area contributed by atoms with E-state index in [0.717, 1.165) is 6.42 Å². The second kappa shape index (κ2) is 4.33. The molecule has 4 unspecified atom stereocenters. The van der Waals surface area contributed by atoms with Crippen LogP contribution in [0.25, 0.3) is 0 Å². The largest absolute Gasteiger partial charge is 0.375 e. The standard InChI is InChI=1S/C12H19NO/c1-3-4-5-11(13-2)10-8-9-6-7-12(10)14-9/h9-13H,5-8H2,1-2H3. The highest BCUT2D eigenvalue weighted by Crippen LogP contribution is 2.40. The molecule has 14 heavy (non-hydrogen) atoms. The fourth-order valence-electron chi connectivity index (χ4n) is 2.78. The number of fused-ring (bicyclic) bond motifs is 2. The van der Waals surface area contributed by atoms with E-state index in [1.54, 1.807) is 0 Å². The first-order valence-electron chi connectivity index (χ1n) is 5.57. The molecular weight excluding hydrogens is 174 g/mol. The zero-order chi connectivity index (χ0) is 9.97. The van der Waals surface area contributed by atoms with Crippen LogP contribution in [0.4, 0.5) is 0 Å². The van der Waals surface area contributed by atoms with Crippen molar-refractivity contribution in [1.29, 1.82) is 0 Å². The van der Waals surface area contributed by atoms with Gasteiger partial charge in [0.05, 0.1) is 12.2 Å². The van der Waals surface area contributed by atoms with Gasteiger partial charge in [-0.15, -0.1) is 11.8 Å². The Hall–Kier alpha value is -0.520. The van der Waals surface area contributed by atoms with Gasteiger partial charge in [0.15, 0.2) is 0 Å². The van der Waals surface area contributed by atoms with Crippen molar-refractivity contribution in [3.63, 3.8) is 0 Å². The van der Waals surface area contributed by atoms with Gasteiger partial charge < -0.3 is 10.1 Å². The van der Waals surface area contributed by atoms with Crippen LogP contribution in [-0.2, 0) is 4.74 Å². The predicted molar refractivity (Wildman–Crippen MR) is 56.9 cm³/mol. The normalized spacial score (nSPS) is 36.6. The molecule has 1 N–H and O–H groups in total. The lowest BCUT2D eigenvalue weighted by Gasteiger charge is -2.26. The topological polar surface area (TPSA) is 21.3 Å². The van der Waals surface area contributed by atoms with Gasteiger partial charge in [0, 0.05) is 18.4 Å². The second-order valence-electron chi connectivity index (χ2n) is 4.30. The molecule has 4 atom stereocenters. The first kappa shape index (κ1) is 10.0. The Balaban J connectivity index is 1.94. The maximum atomic E-state index is 5.86. The van der Waals surface area contributed by atoms with Crippen LogP contribution in [0.5, 0.6) is 0 Å². The molecule has 2 aliphatic heterocycles. The van der Waals surface area contributed by atoms with Gasteiger partial charge >= 0.3 is 0 Å². The third-order valence-electron chi connectivity index (χ3n) is 3.54. The van der Waals surface area contributed by atoms with Gasteiger partial charge in [-0.3, -0.25) is 0 Å².